The second kappa shape index (κ2) is 4.75. The molecule has 0 aliphatic heterocycles. The molecular weight excluding hydrogens is 294 g/mol. The van der Waals surface area contributed by atoms with Crippen LogP contribution in [0.4, 0.5) is 10.8 Å². The summed E-state index contributed by atoms with van der Waals surface area (Å²) in [6, 6.07) is 6.60. The number of benzene rings is 1. The minimum absolute atomic E-state index is 0.0971. The van der Waals surface area contributed by atoms with Gasteiger partial charge in [0.1, 0.15) is 0 Å². The highest BCUT2D eigenvalue weighted by atomic mass is 35.5. The Morgan fingerprint density at radius 3 is 2.61 bits per heavy atom. The Morgan fingerprint density at radius 1 is 1.39 bits per heavy atom. The van der Waals surface area contributed by atoms with Crippen LogP contribution >= 0.6 is 22.9 Å². The molecule has 0 fully saturated rings. The number of nitrogen functional groups attached to an aromatic ring is 1. The summed E-state index contributed by atoms with van der Waals surface area (Å²) >= 11 is 6.82. The molecule has 0 saturated carbocycles. The van der Waals surface area contributed by atoms with Crippen LogP contribution in [-0.4, -0.2) is 13.4 Å². The maximum atomic E-state index is 12.1. The number of hydrogen-bond acceptors (Lipinski definition) is 5. The van der Waals surface area contributed by atoms with Crippen LogP contribution in [0.15, 0.2) is 28.5 Å². The first-order chi connectivity index (χ1) is 8.40. The zero-order chi connectivity index (χ0) is 13.3. The van der Waals surface area contributed by atoms with E-state index in [0.29, 0.717) is 16.4 Å². The summed E-state index contributed by atoms with van der Waals surface area (Å²) in [5, 5.41) is 0.545. The number of aromatic nitrogens is 1. The molecule has 2 rings (SSSR count). The summed E-state index contributed by atoms with van der Waals surface area (Å²) in [6.07, 6.45) is 0. The van der Waals surface area contributed by atoms with Gasteiger partial charge in [-0.2, -0.15) is 0 Å². The normalized spacial score (nSPS) is 11.4. The third kappa shape index (κ3) is 2.58. The second-order valence-electron chi connectivity index (χ2n) is 3.51. The standard InChI is InChI=1S/C10H10ClN3O2S2/c1-6-9(17-10(12)13-6)18(15,16)14-8-5-3-2-4-7(8)11/h2-5,14H,1H3,(H2,12,13). The quantitative estimate of drug-likeness (QED) is 0.912. The minimum atomic E-state index is -3.70. The minimum Gasteiger partial charge on any atom is -0.375 e. The molecular formula is C10H10ClN3O2S2. The van der Waals surface area contributed by atoms with Gasteiger partial charge in [-0.05, 0) is 19.1 Å². The lowest BCUT2D eigenvalue weighted by Crippen LogP contribution is -2.12. The van der Waals surface area contributed by atoms with Crippen molar-refractivity contribution in [3.05, 3.63) is 35.0 Å². The van der Waals surface area contributed by atoms with E-state index in [2.05, 4.69) is 9.71 Å². The van der Waals surface area contributed by atoms with Crippen LogP contribution in [0.1, 0.15) is 5.69 Å². The molecule has 0 radical (unpaired) electrons. The fourth-order valence-corrected chi connectivity index (χ4v) is 4.01. The zero-order valence-electron chi connectivity index (χ0n) is 9.34. The maximum Gasteiger partial charge on any atom is 0.273 e. The van der Waals surface area contributed by atoms with Gasteiger partial charge in [0, 0.05) is 0 Å². The number of rotatable bonds is 3. The molecule has 8 heteroatoms. The number of aryl methyl sites for hydroxylation is 1. The zero-order valence-corrected chi connectivity index (χ0v) is 11.7. The molecule has 0 aliphatic carbocycles. The van der Waals surface area contributed by atoms with Crippen molar-refractivity contribution >= 4 is 43.8 Å². The van der Waals surface area contributed by atoms with Crippen LogP contribution in [-0.2, 0) is 10.0 Å². The summed E-state index contributed by atoms with van der Waals surface area (Å²) in [4.78, 5) is 3.89. The second-order valence-corrected chi connectivity index (χ2v) is 6.83. The van der Waals surface area contributed by atoms with Crippen molar-refractivity contribution < 1.29 is 8.42 Å². The highest BCUT2D eigenvalue weighted by molar-refractivity contribution is 7.94. The van der Waals surface area contributed by atoms with Gasteiger partial charge in [-0.25, -0.2) is 13.4 Å². The highest BCUT2D eigenvalue weighted by Crippen LogP contribution is 2.29. The SMILES string of the molecule is Cc1nc(N)sc1S(=O)(=O)Nc1ccccc1Cl. The Bertz CT molecular complexity index is 682. The van der Waals surface area contributed by atoms with E-state index in [1.54, 1.807) is 31.2 Å². The molecule has 1 aromatic heterocycles. The highest BCUT2D eigenvalue weighted by Gasteiger charge is 2.21. The first-order valence-corrected chi connectivity index (χ1v) is 7.58. The molecule has 5 nitrogen and oxygen atoms in total. The number of thiazole rings is 1. The Morgan fingerprint density at radius 2 is 2.06 bits per heavy atom. The van der Waals surface area contributed by atoms with E-state index in [0.717, 1.165) is 11.3 Å². The molecule has 2 aromatic rings. The topological polar surface area (TPSA) is 85.1 Å². The van der Waals surface area contributed by atoms with Crippen molar-refractivity contribution in [3.8, 4) is 0 Å². The molecule has 3 N–H and O–H groups in total. The third-order valence-corrected chi connectivity index (χ3v) is 5.42. The van der Waals surface area contributed by atoms with Crippen LogP contribution < -0.4 is 10.5 Å². The molecule has 0 bridgehead atoms. The average Bonchev–Trinajstić information content (AvgIpc) is 2.62. The molecule has 0 saturated heterocycles. The molecule has 1 heterocycles. The fraction of sp³-hybridized carbons (Fsp3) is 0.100. The van der Waals surface area contributed by atoms with Gasteiger partial charge in [-0.3, -0.25) is 4.72 Å². The first kappa shape index (κ1) is 13.1. The number of para-hydroxylation sites is 1. The number of sulfonamides is 1. The van der Waals surface area contributed by atoms with E-state index in [9.17, 15) is 8.42 Å². The van der Waals surface area contributed by atoms with E-state index in [1.165, 1.54) is 0 Å². The van der Waals surface area contributed by atoms with E-state index in [4.69, 9.17) is 17.3 Å². The summed E-state index contributed by atoms with van der Waals surface area (Å²) in [5.41, 5.74) is 6.19. The van der Waals surface area contributed by atoms with Gasteiger partial charge in [0.15, 0.2) is 9.34 Å². The number of hydrogen-bond donors (Lipinski definition) is 2. The molecule has 1 aromatic carbocycles. The van der Waals surface area contributed by atoms with Crippen molar-refractivity contribution in [3.63, 3.8) is 0 Å². The van der Waals surface area contributed by atoms with Gasteiger partial charge < -0.3 is 5.73 Å². The van der Waals surface area contributed by atoms with Crippen LogP contribution in [0, 0.1) is 6.92 Å². The van der Waals surface area contributed by atoms with Crippen molar-refractivity contribution in [2.75, 3.05) is 10.5 Å². The van der Waals surface area contributed by atoms with Gasteiger partial charge in [0.05, 0.1) is 16.4 Å². The predicted octanol–water partition coefficient (Wildman–Crippen LogP) is 2.49. The lowest BCUT2D eigenvalue weighted by molar-refractivity contribution is 0.602. The Hall–Kier alpha value is -1.31. The Labute approximate surface area is 114 Å². The number of anilines is 2. The smallest absolute Gasteiger partial charge is 0.273 e. The van der Waals surface area contributed by atoms with Crippen LogP contribution in [0.2, 0.25) is 5.02 Å². The number of nitrogens with zero attached hydrogens (tertiary/aromatic N) is 1. The van der Waals surface area contributed by atoms with Crippen molar-refractivity contribution in [2.45, 2.75) is 11.1 Å². The van der Waals surface area contributed by atoms with Crippen LogP contribution in [0.5, 0.6) is 0 Å². The van der Waals surface area contributed by atoms with E-state index >= 15 is 0 Å². The molecule has 0 unspecified atom stereocenters. The summed E-state index contributed by atoms with van der Waals surface area (Å²) in [7, 11) is -3.70. The molecule has 0 atom stereocenters. The Kier molecular flexibility index (Phi) is 3.47. The monoisotopic (exact) mass is 303 g/mol. The largest absolute Gasteiger partial charge is 0.375 e. The first-order valence-electron chi connectivity index (χ1n) is 4.90. The maximum absolute atomic E-state index is 12.1. The predicted molar refractivity (Wildman–Crippen MR) is 73.5 cm³/mol. The summed E-state index contributed by atoms with van der Waals surface area (Å²) < 4.78 is 26.8. The molecule has 0 aliphatic rings. The third-order valence-electron chi connectivity index (χ3n) is 2.13. The van der Waals surface area contributed by atoms with Gasteiger partial charge in [0.2, 0.25) is 0 Å². The van der Waals surface area contributed by atoms with Crippen LogP contribution in [0.25, 0.3) is 0 Å². The lowest BCUT2D eigenvalue weighted by Gasteiger charge is -2.07. The number of nitrogens with one attached hydrogen (secondary N) is 1. The van der Waals surface area contributed by atoms with Crippen molar-refractivity contribution in [2.24, 2.45) is 0 Å². The van der Waals surface area contributed by atoms with Crippen molar-refractivity contribution in [1.82, 2.24) is 4.98 Å². The van der Waals surface area contributed by atoms with E-state index < -0.39 is 10.0 Å². The average molecular weight is 304 g/mol. The number of halogens is 1. The molecule has 0 amide bonds. The van der Waals surface area contributed by atoms with Gasteiger partial charge >= 0.3 is 0 Å². The van der Waals surface area contributed by atoms with Crippen LogP contribution in [0.3, 0.4) is 0 Å². The Balaban J connectivity index is 2.40. The number of nitrogens with two attached hydrogens (primary N) is 1. The fourth-order valence-electron chi connectivity index (χ4n) is 1.39. The summed E-state index contributed by atoms with van der Waals surface area (Å²) in [5.74, 6) is 0. The lowest BCUT2D eigenvalue weighted by atomic mass is 10.3. The van der Waals surface area contributed by atoms with Crippen molar-refractivity contribution in [1.29, 1.82) is 0 Å². The van der Waals surface area contributed by atoms with Gasteiger partial charge in [-0.15, -0.1) is 0 Å². The molecule has 18 heavy (non-hydrogen) atoms. The van der Waals surface area contributed by atoms with E-state index in [-0.39, 0.29) is 9.34 Å². The molecule has 0 spiro atoms. The van der Waals surface area contributed by atoms with Gasteiger partial charge in [-0.1, -0.05) is 35.1 Å². The van der Waals surface area contributed by atoms with Gasteiger partial charge in [0.25, 0.3) is 10.0 Å². The van der Waals surface area contributed by atoms with E-state index in [1.807, 2.05) is 0 Å². The molecule has 96 valence electrons. The summed E-state index contributed by atoms with van der Waals surface area (Å²) in [6.45, 7) is 1.59.